The minimum absolute atomic E-state index is 0.349. The van der Waals surface area contributed by atoms with Crippen molar-refractivity contribution in [1.82, 2.24) is 0 Å². The van der Waals surface area contributed by atoms with Crippen molar-refractivity contribution < 1.29 is 4.74 Å². The highest BCUT2D eigenvalue weighted by molar-refractivity contribution is 5.11. The third kappa shape index (κ3) is 1.55. The monoisotopic (exact) mass is 126 g/mol. The zero-order valence-corrected chi connectivity index (χ0v) is 6.35. The maximum Gasteiger partial charge on any atom is 0.0735 e. The Morgan fingerprint density at radius 1 is 1.67 bits per heavy atom. The van der Waals surface area contributed by atoms with Crippen molar-refractivity contribution in [3.63, 3.8) is 0 Å². The first-order valence-corrected chi connectivity index (χ1v) is 3.52. The van der Waals surface area contributed by atoms with Crippen molar-refractivity contribution in [3.05, 3.63) is 11.6 Å². The van der Waals surface area contributed by atoms with Crippen LogP contribution >= 0.6 is 0 Å². The fourth-order valence-electron chi connectivity index (χ4n) is 0.984. The SMILES string of the molecule is CC1C=C(C(C)C)CO1. The van der Waals surface area contributed by atoms with Gasteiger partial charge in [0.05, 0.1) is 12.7 Å². The molecule has 0 bridgehead atoms. The van der Waals surface area contributed by atoms with Gasteiger partial charge in [-0.3, -0.25) is 0 Å². The lowest BCUT2D eigenvalue weighted by Crippen LogP contribution is -1.97. The summed E-state index contributed by atoms with van der Waals surface area (Å²) in [6.45, 7) is 7.33. The molecule has 0 N–H and O–H groups in total. The zero-order chi connectivity index (χ0) is 6.85. The van der Waals surface area contributed by atoms with Gasteiger partial charge in [-0.05, 0) is 18.4 Å². The van der Waals surface area contributed by atoms with Gasteiger partial charge in [0.25, 0.3) is 0 Å². The van der Waals surface area contributed by atoms with Crippen LogP contribution in [0.2, 0.25) is 0 Å². The standard InChI is InChI=1S/C8H14O/c1-6(2)8-4-7(3)9-5-8/h4,6-7H,5H2,1-3H3. The molecule has 0 aromatic rings. The van der Waals surface area contributed by atoms with E-state index in [2.05, 4.69) is 26.8 Å². The van der Waals surface area contributed by atoms with Crippen LogP contribution in [-0.4, -0.2) is 12.7 Å². The first kappa shape index (κ1) is 6.81. The highest BCUT2D eigenvalue weighted by Crippen LogP contribution is 2.18. The molecule has 0 radical (unpaired) electrons. The molecule has 1 aliphatic rings. The summed E-state index contributed by atoms with van der Waals surface area (Å²) in [6, 6.07) is 0. The highest BCUT2D eigenvalue weighted by Gasteiger charge is 2.13. The van der Waals surface area contributed by atoms with E-state index in [1.54, 1.807) is 0 Å². The van der Waals surface area contributed by atoms with Crippen LogP contribution in [0.4, 0.5) is 0 Å². The van der Waals surface area contributed by atoms with E-state index in [-0.39, 0.29) is 0 Å². The normalized spacial score (nSPS) is 27.1. The first-order chi connectivity index (χ1) is 4.20. The van der Waals surface area contributed by atoms with Crippen LogP contribution in [0.5, 0.6) is 0 Å². The Hall–Kier alpha value is -0.300. The molecular weight excluding hydrogens is 112 g/mol. The number of hydrogen-bond acceptors (Lipinski definition) is 1. The van der Waals surface area contributed by atoms with Gasteiger partial charge >= 0.3 is 0 Å². The predicted molar refractivity (Wildman–Crippen MR) is 38.3 cm³/mol. The smallest absolute Gasteiger partial charge is 0.0735 e. The maximum absolute atomic E-state index is 5.33. The van der Waals surface area contributed by atoms with Crippen molar-refractivity contribution in [2.75, 3.05) is 6.61 Å². The van der Waals surface area contributed by atoms with Crippen LogP contribution in [0.3, 0.4) is 0 Å². The van der Waals surface area contributed by atoms with Crippen LogP contribution in [0.1, 0.15) is 20.8 Å². The van der Waals surface area contributed by atoms with Crippen LogP contribution in [0.15, 0.2) is 11.6 Å². The van der Waals surface area contributed by atoms with Gasteiger partial charge in [-0.25, -0.2) is 0 Å². The highest BCUT2D eigenvalue weighted by atomic mass is 16.5. The molecule has 1 unspecified atom stereocenters. The fraction of sp³-hybridized carbons (Fsp3) is 0.750. The first-order valence-electron chi connectivity index (χ1n) is 3.52. The van der Waals surface area contributed by atoms with Gasteiger partial charge in [0.2, 0.25) is 0 Å². The Morgan fingerprint density at radius 3 is 2.56 bits per heavy atom. The Bertz CT molecular complexity index is 125. The molecule has 0 aromatic heterocycles. The Labute approximate surface area is 56.7 Å². The third-order valence-corrected chi connectivity index (χ3v) is 1.70. The molecule has 0 saturated carbocycles. The minimum atomic E-state index is 0.349. The lowest BCUT2D eigenvalue weighted by atomic mass is 10.0. The summed E-state index contributed by atoms with van der Waals surface area (Å²) in [5.41, 5.74) is 1.45. The number of ether oxygens (including phenoxy) is 1. The van der Waals surface area contributed by atoms with Crippen LogP contribution in [-0.2, 0) is 4.74 Å². The van der Waals surface area contributed by atoms with Gasteiger partial charge < -0.3 is 4.74 Å². The fourth-order valence-corrected chi connectivity index (χ4v) is 0.984. The van der Waals surface area contributed by atoms with E-state index in [9.17, 15) is 0 Å². The quantitative estimate of drug-likeness (QED) is 0.488. The zero-order valence-electron chi connectivity index (χ0n) is 6.35. The van der Waals surface area contributed by atoms with E-state index in [0.29, 0.717) is 12.0 Å². The second kappa shape index (κ2) is 2.53. The summed E-state index contributed by atoms with van der Waals surface area (Å²) in [5, 5.41) is 0. The summed E-state index contributed by atoms with van der Waals surface area (Å²) in [7, 11) is 0. The van der Waals surface area contributed by atoms with Gasteiger partial charge in [-0.1, -0.05) is 19.9 Å². The van der Waals surface area contributed by atoms with Crippen molar-refractivity contribution in [1.29, 1.82) is 0 Å². The predicted octanol–water partition coefficient (Wildman–Crippen LogP) is 1.99. The number of rotatable bonds is 1. The van der Waals surface area contributed by atoms with E-state index in [1.807, 2.05) is 0 Å². The largest absolute Gasteiger partial charge is 0.370 e. The van der Waals surface area contributed by atoms with Gasteiger partial charge in [0, 0.05) is 0 Å². The third-order valence-electron chi connectivity index (χ3n) is 1.70. The molecule has 1 rings (SSSR count). The second-order valence-electron chi connectivity index (χ2n) is 2.91. The number of hydrogen-bond donors (Lipinski definition) is 0. The van der Waals surface area contributed by atoms with Crippen molar-refractivity contribution in [2.24, 2.45) is 5.92 Å². The van der Waals surface area contributed by atoms with Gasteiger partial charge in [-0.15, -0.1) is 0 Å². The van der Waals surface area contributed by atoms with Gasteiger partial charge in [0.1, 0.15) is 0 Å². The second-order valence-corrected chi connectivity index (χ2v) is 2.91. The van der Waals surface area contributed by atoms with Gasteiger partial charge in [-0.2, -0.15) is 0 Å². The van der Waals surface area contributed by atoms with E-state index >= 15 is 0 Å². The molecule has 0 fully saturated rings. The average molecular weight is 126 g/mol. The van der Waals surface area contributed by atoms with Crippen molar-refractivity contribution in [3.8, 4) is 0 Å². The molecule has 0 aliphatic carbocycles. The Kier molecular flexibility index (Phi) is 1.91. The van der Waals surface area contributed by atoms with Crippen molar-refractivity contribution >= 4 is 0 Å². The molecular formula is C8H14O. The lowest BCUT2D eigenvalue weighted by molar-refractivity contribution is 0.136. The summed E-state index contributed by atoms with van der Waals surface area (Å²) < 4.78 is 5.33. The molecule has 52 valence electrons. The van der Waals surface area contributed by atoms with Crippen LogP contribution in [0.25, 0.3) is 0 Å². The molecule has 1 nitrogen and oxygen atoms in total. The molecule has 1 heteroatoms. The molecule has 0 aromatic carbocycles. The molecule has 0 spiro atoms. The van der Waals surface area contributed by atoms with E-state index in [0.717, 1.165) is 6.61 Å². The molecule has 1 aliphatic heterocycles. The van der Waals surface area contributed by atoms with Crippen molar-refractivity contribution in [2.45, 2.75) is 26.9 Å². The van der Waals surface area contributed by atoms with E-state index < -0.39 is 0 Å². The van der Waals surface area contributed by atoms with Crippen LogP contribution in [0, 0.1) is 5.92 Å². The molecule has 0 saturated heterocycles. The van der Waals surface area contributed by atoms with Crippen LogP contribution < -0.4 is 0 Å². The van der Waals surface area contributed by atoms with E-state index in [4.69, 9.17) is 4.74 Å². The molecule has 1 heterocycles. The average Bonchev–Trinajstić information content (AvgIpc) is 2.14. The Balaban J connectivity index is 2.52. The maximum atomic E-state index is 5.33. The molecule has 9 heavy (non-hydrogen) atoms. The molecule has 1 atom stereocenters. The van der Waals surface area contributed by atoms with Gasteiger partial charge in [0.15, 0.2) is 0 Å². The minimum Gasteiger partial charge on any atom is -0.370 e. The Morgan fingerprint density at radius 2 is 2.33 bits per heavy atom. The topological polar surface area (TPSA) is 9.23 Å². The van der Waals surface area contributed by atoms with E-state index in [1.165, 1.54) is 5.57 Å². The summed E-state index contributed by atoms with van der Waals surface area (Å²) in [4.78, 5) is 0. The summed E-state index contributed by atoms with van der Waals surface area (Å²) >= 11 is 0. The lowest BCUT2D eigenvalue weighted by Gasteiger charge is -2.02. The summed E-state index contributed by atoms with van der Waals surface area (Å²) in [6.07, 6.45) is 2.56. The molecule has 0 amide bonds. The summed E-state index contributed by atoms with van der Waals surface area (Å²) in [5.74, 6) is 0.662.